The highest BCUT2D eigenvalue weighted by Crippen LogP contribution is 2.26. The number of aldehydes is 1. The lowest BCUT2D eigenvalue weighted by atomic mass is 10.0. The molecule has 2 aromatic carbocycles. The van der Waals surface area contributed by atoms with Crippen LogP contribution in [0.4, 0.5) is 0 Å². The molecule has 0 saturated carbocycles. The molecule has 0 bridgehead atoms. The second-order valence-electron chi connectivity index (χ2n) is 5.49. The molecule has 0 aliphatic carbocycles. The Morgan fingerprint density at radius 1 is 1.00 bits per heavy atom. The molecule has 1 heterocycles. The first-order chi connectivity index (χ1) is 10.6. The van der Waals surface area contributed by atoms with Gasteiger partial charge in [-0.25, -0.2) is 4.68 Å². The summed E-state index contributed by atoms with van der Waals surface area (Å²) >= 11 is 0. The van der Waals surface area contributed by atoms with Crippen molar-refractivity contribution in [1.29, 1.82) is 0 Å². The van der Waals surface area contributed by atoms with Crippen LogP contribution in [0.1, 0.15) is 27.2 Å². The van der Waals surface area contributed by atoms with Gasteiger partial charge in [0.05, 0.1) is 5.69 Å². The van der Waals surface area contributed by atoms with E-state index in [-0.39, 0.29) is 0 Å². The second-order valence-corrected chi connectivity index (χ2v) is 5.49. The molecule has 0 radical (unpaired) electrons. The smallest absolute Gasteiger partial charge is 0.172 e. The van der Waals surface area contributed by atoms with E-state index in [1.807, 2.05) is 43.3 Å². The molecule has 3 rings (SSSR count). The lowest BCUT2D eigenvalue weighted by Crippen LogP contribution is -2.01. The highest BCUT2D eigenvalue weighted by atomic mass is 16.1. The average Bonchev–Trinajstić information content (AvgIpc) is 2.94. The number of aromatic nitrogens is 3. The van der Waals surface area contributed by atoms with Crippen LogP contribution in [0.5, 0.6) is 0 Å². The summed E-state index contributed by atoms with van der Waals surface area (Å²) in [7, 11) is 0. The van der Waals surface area contributed by atoms with E-state index < -0.39 is 0 Å². The minimum Gasteiger partial charge on any atom is -0.296 e. The van der Waals surface area contributed by atoms with Gasteiger partial charge in [0.15, 0.2) is 12.0 Å². The zero-order chi connectivity index (χ0) is 15.7. The van der Waals surface area contributed by atoms with E-state index in [0.29, 0.717) is 5.69 Å². The van der Waals surface area contributed by atoms with Crippen molar-refractivity contribution < 1.29 is 4.79 Å². The van der Waals surface area contributed by atoms with E-state index in [1.54, 1.807) is 4.68 Å². The quantitative estimate of drug-likeness (QED) is 0.692. The topological polar surface area (TPSA) is 47.8 Å². The number of benzene rings is 2. The first-order valence-corrected chi connectivity index (χ1v) is 7.15. The van der Waals surface area contributed by atoms with Crippen LogP contribution >= 0.6 is 0 Å². The van der Waals surface area contributed by atoms with Crippen LogP contribution in [0.25, 0.3) is 16.9 Å². The van der Waals surface area contributed by atoms with Crippen molar-refractivity contribution in [1.82, 2.24) is 15.0 Å². The minimum atomic E-state index is 0.352. The second kappa shape index (κ2) is 5.56. The van der Waals surface area contributed by atoms with Gasteiger partial charge in [-0.05, 0) is 55.7 Å². The Kier molecular flexibility index (Phi) is 3.59. The molecule has 3 aromatic rings. The van der Waals surface area contributed by atoms with E-state index in [9.17, 15) is 4.79 Å². The Labute approximate surface area is 129 Å². The molecule has 4 heteroatoms. The Bertz CT molecular complexity index is 849. The predicted octanol–water partition coefficient (Wildman–Crippen LogP) is 3.67. The molecule has 0 saturated heterocycles. The Hall–Kier alpha value is -2.75. The van der Waals surface area contributed by atoms with Gasteiger partial charge in [0.25, 0.3) is 0 Å². The number of carbonyl (C=O) groups is 1. The van der Waals surface area contributed by atoms with Crippen molar-refractivity contribution in [3.63, 3.8) is 0 Å². The summed E-state index contributed by atoms with van der Waals surface area (Å²) in [5, 5.41) is 8.18. The molecule has 4 nitrogen and oxygen atoms in total. The Morgan fingerprint density at radius 3 is 2.50 bits per heavy atom. The number of hydrogen-bond donors (Lipinski definition) is 0. The number of hydrogen-bond acceptors (Lipinski definition) is 3. The summed E-state index contributed by atoms with van der Waals surface area (Å²) in [5.41, 5.74) is 6.43. The number of aryl methyl sites for hydroxylation is 3. The molecule has 0 atom stereocenters. The third-order valence-electron chi connectivity index (χ3n) is 3.83. The van der Waals surface area contributed by atoms with Gasteiger partial charge in [-0.3, -0.25) is 4.79 Å². The van der Waals surface area contributed by atoms with Crippen molar-refractivity contribution in [3.8, 4) is 16.9 Å². The average molecular weight is 291 g/mol. The van der Waals surface area contributed by atoms with E-state index in [4.69, 9.17) is 0 Å². The van der Waals surface area contributed by atoms with Gasteiger partial charge in [-0.1, -0.05) is 29.5 Å². The first kappa shape index (κ1) is 14.2. The SMILES string of the molecule is Cc1cccc(-n2nnc(C=O)c2-c2ccc(C)c(C)c2)c1. The van der Waals surface area contributed by atoms with Crippen LogP contribution in [0.2, 0.25) is 0 Å². The normalized spacial score (nSPS) is 10.7. The molecule has 0 aliphatic heterocycles. The van der Waals surface area contributed by atoms with Crippen LogP contribution in [-0.2, 0) is 0 Å². The predicted molar refractivity (Wildman–Crippen MR) is 86.4 cm³/mol. The number of nitrogens with zero attached hydrogens (tertiary/aromatic N) is 3. The standard InChI is InChI=1S/C18H17N3O/c1-12-5-4-6-16(9-12)21-18(17(11-22)19-20-21)15-8-7-13(2)14(3)10-15/h4-11H,1-3H3. The first-order valence-electron chi connectivity index (χ1n) is 7.15. The van der Waals surface area contributed by atoms with Crippen molar-refractivity contribution >= 4 is 6.29 Å². The third-order valence-corrected chi connectivity index (χ3v) is 3.83. The fourth-order valence-corrected chi connectivity index (χ4v) is 2.47. The van der Waals surface area contributed by atoms with Gasteiger partial charge < -0.3 is 0 Å². The summed E-state index contributed by atoms with van der Waals surface area (Å²) in [6, 6.07) is 14.1. The van der Waals surface area contributed by atoms with Crippen LogP contribution in [0.3, 0.4) is 0 Å². The van der Waals surface area contributed by atoms with Crippen molar-refractivity contribution in [2.24, 2.45) is 0 Å². The maximum atomic E-state index is 11.3. The Morgan fingerprint density at radius 2 is 1.82 bits per heavy atom. The highest BCUT2D eigenvalue weighted by molar-refractivity contribution is 5.84. The minimum absolute atomic E-state index is 0.352. The van der Waals surface area contributed by atoms with E-state index in [0.717, 1.165) is 28.8 Å². The monoisotopic (exact) mass is 291 g/mol. The molecule has 0 aliphatic rings. The van der Waals surface area contributed by atoms with E-state index in [2.05, 4.69) is 30.2 Å². The summed E-state index contributed by atoms with van der Waals surface area (Å²) in [6.07, 6.45) is 0.754. The maximum absolute atomic E-state index is 11.3. The van der Waals surface area contributed by atoms with Crippen LogP contribution < -0.4 is 0 Å². The van der Waals surface area contributed by atoms with Crippen molar-refractivity contribution in [2.75, 3.05) is 0 Å². The molecule has 0 unspecified atom stereocenters. The Balaban J connectivity index is 2.23. The molecular formula is C18H17N3O. The zero-order valence-corrected chi connectivity index (χ0v) is 12.9. The number of carbonyl (C=O) groups excluding carboxylic acids is 1. The highest BCUT2D eigenvalue weighted by Gasteiger charge is 2.16. The van der Waals surface area contributed by atoms with Crippen molar-refractivity contribution in [3.05, 3.63) is 64.8 Å². The molecule has 0 N–H and O–H groups in total. The summed E-state index contributed by atoms with van der Waals surface area (Å²) in [4.78, 5) is 11.3. The van der Waals surface area contributed by atoms with Crippen molar-refractivity contribution in [2.45, 2.75) is 20.8 Å². The molecular weight excluding hydrogens is 274 g/mol. The fraction of sp³-hybridized carbons (Fsp3) is 0.167. The summed E-state index contributed by atoms with van der Waals surface area (Å²) < 4.78 is 1.72. The lowest BCUT2D eigenvalue weighted by Gasteiger charge is -2.09. The van der Waals surface area contributed by atoms with Gasteiger partial charge in [0, 0.05) is 5.56 Å². The molecule has 0 fully saturated rings. The van der Waals surface area contributed by atoms with Gasteiger partial charge in [-0.2, -0.15) is 0 Å². The molecule has 0 amide bonds. The van der Waals surface area contributed by atoms with Crippen LogP contribution in [-0.4, -0.2) is 21.3 Å². The van der Waals surface area contributed by atoms with Gasteiger partial charge in [0.2, 0.25) is 0 Å². The summed E-state index contributed by atoms with van der Waals surface area (Å²) in [6.45, 7) is 6.15. The lowest BCUT2D eigenvalue weighted by molar-refractivity contribution is 0.111. The van der Waals surface area contributed by atoms with Gasteiger partial charge >= 0.3 is 0 Å². The van der Waals surface area contributed by atoms with Crippen LogP contribution in [0.15, 0.2) is 42.5 Å². The molecule has 1 aromatic heterocycles. The summed E-state index contributed by atoms with van der Waals surface area (Å²) in [5.74, 6) is 0. The molecule has 110 valence electrons. The zero-order valence-electron chi connectivity index (χ0n) is 12.9. The van der Waals surface area contributed by atoms with Crippen LogP contribution in [0, 0.1) is 20.8 Å². The molecule has 22 heavy (non-hydrogen) atoms. The maximum Gasteiger partial charge on any atom is 0.172 e. The molecule has 0 spiro atoms. The third kappa shape index (κ3) is 2.44. The van der Waals surface area contributed by atoms with E-state index in [1.165, 1.54) is 11.1 Å². The fourth-order valence-electron chi connectivity index (χ4n) is 2.47. The largest absolute Gasteiger partial charge is 0.296 e. The van der Waals surface area contributed by atoms with Gasteiger partial charge in [-0.15, -0.1) is 5.10 Å². The van der Waals surface area contributed by atoms with E-state index >= 15 is 0 Å². The number of rotatable bonds is 3. The van der Waals surface area contributed by atoms with Gasteiger partial charge in [0.1, 0.15) is 5.69 Å².